The highest BCUT2D eigenvalue weighted by atomic mass is 35.5. The first kappa shape index (κ1) is 21.6. The fourth-order valence-corrected chi connectivity index (χ4v) is 4.45. The van der Waals surface area contributed by atoms with E-state index in [4.69, 9.17) is 16.3 Å². The van der Waals surface area contributed by atoms with Crippen LogP contribution in [0, 0.1) is 6.92 Å². The van der Waals surface area contributed by atoms with Crippen LogP contribution in [0.5, 0.6) is 5.75 Å². The summed E-state index contributed by atoms with van der Waals surface area (Å²) in [7, 11) is -3.93. The maximum atomic E-state index is 13.3. The summed E-state index contributed by atoms with van der Waals surface area (Å²) in [5.74, 6) is -0.484. The van der Waals surface area contributed by atoms with Gasteiger partial charge in [-0.3, -0.25) is 4.31 Å². The van der Waals surface area contributed by atoms with E-state index in [-0.39, 0.29) is 22.8 Å². The second kappa shape index (κ2) is 9.15. The lowest BCUT2D eigenvalue weighted by Crippen LogP contribution is -2.31. The molecule has 0 atom stereocenters. The number of rotatable bonds is 7. The van der Waals surface area contributed by atoms with E-state index in [1.807, 2.05) is 6.92 Å². The number of benzene rings is 3. The summed E-state index contributed by atoms with van der Waals surface area (Å²) in [5.41, 5.74) is 1.47. The molecule has 0 heterocycles. The molecule has 0 saturated heterocycles. The zero-order chi connectivity index (χ0) is 21.7. The predicted molar refractivity (Wildman–Crippen MR) is 119 cm³/mol. The highest BCUT2D eigenvalue weighted by molar-refractivity contribution is 7.92. The summed E-state index contributed by atoms with van der Waals surface area (Å²) < 4.78 is 33.1. The summed E-state index contributed by atoms with van der Waals surface area (Å²) in [6.07, 6.45) is 1.50. The third-order valence-electron chi connectivity index (χ3n) is 4.29. The number of hydrogen-bond acceptors (Lipinski definition) is 4. The van der Waals surface area contributed by atoms with Crippen molar-refractivity contribution in [1.82, 2.24) is 0 Å². The number of para-hydroxylation sites is 1. The molecule has 5 nitrogen and oxygen atoms in total. The van der Waals surface area contributed by atoms with Crippen LogP contribution < -0.4 is 9.04 Å². The summed E-state index contributed by atoms with van der Waals surface area (Å²) in [5, 5.41) is 0.291. The minimum Gasteiger partial charge on any atom is -0.421 e. The Morgan fingerprint density at radius 2 is 1.80 bits per heavy atom. The van der Waals surface area contributed by atoms with Crippen LogP contribution in [0.25, 0.3) is 0 Å². The van der Waals surface area contributed by atoms with Gasteiger partial charge in [0, 0.05) is 0 Å². The lowest BCUT2D eigenvalue weighted by Gasteiger charge is -2.23. The van der Waals surface area contributed by atoms with Crippen LogP contribution in [0.3, 0.4) is 0 Å². The van der Waals surface area contributed by atoms with Crippen molar-refractivity contribution in [3.63, 3.8) is 0 Å². The Kier molecular flexibility index (Phi) is 6.59. The zero-order valence-corrected chi connectivity index (χ0v) is 17.9. The first-order chi connectivity index (χ1) is 14.3. The quantitative estimate of drug-likeness (QED) is 0.285. The van der Waals surface area contributed by atoms with Gasteiger partial charge in [0.05, 0.1) is 27.7 Å². The SMILES string of the molecule is C=CCN(c1ccccc1)S(=O)(=O)c1cccc(C(=O)Oc2cc(C)ccc2Cl)c1. The number of carbonyl (C=O) groups excluding carboxylic acids is 1. The summed E-state index contributed by atoms with van der Waals surface area (Å²) in [6, 6.07) is 19.5. The molecule has 30 heavy (non-hydrogen) atoms. The molecule has 0 fully saturated rings. The van der Waals surface area contributed by atoms with Gasteiger partial charge in [-0.15, -0.1) is 6.58 Å². The summed E-state index contributed by atoms with van der Waals surface area (Å²) >= 11 is 6.09. The Morgan fingerprint density at radius 3 is 2.50 bits per heavy atom. The van der Waals surface area contributed by atoms with E-state index in [9.17, 15) is 13.2 Å². The van der Waals surface area contributed by atoms with Crippen molar-refractivity contribution in [3.05, 3.63) is 102 Å². The van der Waals surface area contributed by atoms with E-state index in [1.54, 1.807) is 48.5 Å². The van der Waals surface area contributed by atoms with E-state index in [2.05, 4.69) is 6.58 Å². The molecule has 0 aliphatic rings. The molecular formula is C23H20ClNO4S. The number of anilines is 1. The highest BCUT2D eigenvalue weighted by Gasteiger charge is 2.25. The van der Waals surface area contributed by atoms with Crippen LogP contribution in [0.4, 0.5) is 5.69 Å². The lowest BCUT2D eigenvalue weighted by molar-refractivity contribution is 0.0734. The maximum absolute atomic E-state index is 13.3. The van der Waals surface area contributed by atoms with Crippen molar-refractivity contribution < 1.29 is 17.9 Å². The topological polar surface area (TPSA) is 63.7 Å². The first-order valence-corrected chi connectivity index (χ1v) is 10.9. The number of nitrogens with zero attached hydrogens (tertiary/aromatic N) is 1. The predicted octanol–water partition coefficient (Wildman–Crippen LogP) is 5.25. The van der Waals surface area contributed by atoms with Gasteiger partial charge in [-0.25, -0.2) is 13.2 Å². The summed E-state index contributed by atoms with van der Waals surface area (Å²) in [6.45, 7) is 5.58. The average molecular weight is 442 g/mol. The largest absolute Gasteiger partial charge is 0.421 e. The maximum Gasteiger partial charge on any atom is 0.343 e. The average Bonchev–Trinajstić information content (AvgIpc) is 2.75. The molecule has 0 aliphatic heterocycles. The zero-order valence-electron chi connectivity index (χ0n) is 16.3. The fraction of sp³-hybridized carbons (Fsp3) is 0.0870. The van der Waals surface area contributed by atoms with Crippen molar-refractivity contribution in [3.8, 4) is 5.75 Å². The molecule has 0 bridgehead atoms. The molecule has 7 heteroatoms. The molecule has 3 aromatic carbocycles. The molecule has 3 aromatic rings. The number of esters is 1. The van der Waals surface area contributed by atoms with Gasteiger partial charge in [0.15, 0.2) is 0 Å². The number of halogens is 1. The fourth-order valence-electron chi connectivity index (χ4n) is 2.81. The third kappa shape index (κ3) is 4.72. The first-order valence-electron chi connectivity index (χ1n) is 9.10. The minimum atomic E-state index is -3.93. The second-order valence-corrected chi connectivity index (χ2v) is 8.78. The minimum absolute atomic E-state index is 0.0296. The van der Waals surface area contributed by atoms with Crippen LogP contribution in [-0.4, -0.2) is 20.9 Å². The number of aryl methyl sites for hydroxylation is 1. The molecule has 0 aliphatic carbocycles. The standard InChI is InChI=1S/C23H20ClNO4S/c1-3-14-25(19-9-5-4-6-10-19)30(27,28)20-11-7-8-18(16-20)23(26)29-22-15-17(2)12-13-21(22)24/h3-13,15-16H,1,14H2,2H3. The van der Waals surface area contributed by atoms with Crippen molar-refractivity contribution in [2.24, 2.45) is 0 Å². The number of sulfonamides is 1. The third-order valence-corrected chi connectivity index (χ3v) is 6.39. The van der Waals surface area contributed by atoms with Crippen molar-refractivity contribution in [2.75, 3.05) is 10.8 Å². The van der Waals surface area contributed by atoms with Crippen LogP contribution in [0.1, 0.15) is 15.9 Å². The van der Waals surface area contributed by atoms with Crippen LogP contribution in [0.15, 0.2) is 90.3 Å². The van der Waals surface area contributed by atoms with Crippen molar-refractivity contribution in [2.45, 2.75) is 11.8 Å². The van der Waals surface area contributed by atoms with E-state index < -0.39 is 16.0 Å². The van der Waals surface area contributed by atoms with E-state index in [0.29, 0.717) is 10.7 Å². The van der Waals surface area contributed by atoms with E-state index >= 15 is 0 Å². The molecule has 0 N–H and O–H groups in total. The van der Waals surface area contributed by atoms with Gasteiger partial charge in [-0.05, 0) is 55.0 Å². The summed E-state index contributed by atoms with van der Waals surface area (Å²) in [4.78, 5) is 12.6. The van der Waals surface area contributed by atoms with Gasteiger partial charge < -0.3 is 4.74 Å². The van der Waals surface area contributed by atoms with Crippen LogP contribution >= 0.6 is 11.6 Å². The molecule has 0 unspecified atom stereocenters. The van der Waals surface area contributed by atoms with Crippen molar-refractivity contribution in [1.29, 1.82) is 0 Å². The molecule has 0 aromatic heterocycles. The Labute approximate surface area is 181 Å². The number of hydrogen-bond donors (Lipinski definition) is 0. The Balaban J connectivity index is 1.94. The monoisotopic (exact) mass is 441 g/mol. The molecule has 154 valence electrons. The van der Waals surface area contributed by atoms with Crippen LogP contribution in [-0.2, 0) is 10.0 Å². The van der Waals surface area contributed by atoms with Gasteiger partial charge >= 0.3 is 5.97 Å². The molecule has 0 saturated carbocycles. The van der Waals surface area contributed by atoms with Crippen molar-refractivity contribution >= 4 is 33.3 Å². The Morgan fingerprint density at radius 1 is 1.07 bits per heavy atom. The molecule has 3 rings (SSSR count). The highest BCUT2D eigenvalue weighted by Crippen LogP contribution is 2.27. The van der Waals surface area contributed by atoms with E-state index in [0.717, 1.165) is 5.56 Å². The van der Waals surface area contributed by atoms with Crippen LogP contribution in [0.2, 0.25) is 5.02 Å². The van der Waals surface area contributed by atoms with E-state index in [1.165, 1.54) is 34.6 Å². The molecule has 0 amide bonds. The molecular weight excluding hydrogens is 422 g/mol. The van der Waals surface area contributed by atoms with Gasteiger partial charge in [0.25, 0.3) is 10.0 Å². The normalized spacial score (nSPS) is 11.0. The van der Waals surface area contributed by atoms with Gasteiger partial charge in [0.1, 0.15) is 5.75 Å². The smallest absolute Gasteiger partial charge is 0.343 e. The lowest BCUT2D eigenvalue weighted by atomic mass is 10.2. The second-order valence-electron chi connectivity index (χ2n) is 6.51. The Bertz CT molecular complexity index is 1180. The number of carbonyl (C=O) groups is 1. The Hall–Kier alpha value is -3.09. The van der Waals surface area contributed by atoms with Gasteiger partial charge in [-0.2, -0.15) is 0 Å². The number of ether oxygens (including phenoxy) is 1. The molecule has 0 radical (unpaired) electrons. The van der Waals surface area contributed by atoms with Gasteiger partial charge in [-0.1, -0.05) is 48.0 Å². The van der Waals surface area contributed by atoms with Gasteiger partial charge in [0.2, 0.25) is 0 Å². The molecule has 0 spiro atoms.